The Kier molecular flexibility index (Phi) is 3.31. The first-order valence-electron chi connectivity index (χ1n) is 7.79. The number of furan rings is 1. The van der Waals surface area contributed by atoms with Crippen LogP contribution in [0.15, 0.2) is 70.1 Å². The smallest absolute Gasteiger partial charge is 0.266 e. The van der Waals surface area contributed by atoms with Crippen LogP contribution in [0, 0.1) is 13.8 Å². The van der Waals surface area contributed by atoms with Gasteiger partial charge in [0.2, 0.25) is 0 Å². The van der Waals surface area contributed by atoms with Crippen molar-refractivity contribution in [1.29, 1.82) is 0 Å². The standard InChI is InChI=1S/C20H16N2O2/c1-13-7-5-8-14(2)18(13)22-19(17-11-6-12-24-17)21-16-10-4-3-9-15(16)20(22)23/h3-12H,1-2H3. The van der Waals surface area contributed by atoms with Gasteiger partial charge in [0.25, 0.3) is 5.56 Å². The van der Waals surface area contributed by atoms with Crippen molar-refractivity contribution >= 4 is 10.9 Å². The van der Waals surface area contributed by atoms with Crippen LogP contribution >= 0.6 is 0 Å². The first kappa shape index (κ1) is 14.5. The molecule has 2 aromatic carbocycles. The molecule has 0 amide bonds. The van der Waals surface area contributed by atoms with E-state index in [1.54, 1.807) is 23.0 Å². The molecule has 0 aliphatic heterocycles. The zero-order valence-corrected chi connectivity index (χ0v) is 13.5. The Hall–Kier alpha value is -3.14. The van der Waals surface area contributed by atoms with E-state index in [0.717, 1.165) is 16.8 Å². The van der Waals surface area contributed by atoms with Gasteiger partial charge in [-0.3, -0.25) is 9.36 Å². The van der Waals surface area contributed by atoms with Crippen LogP contribution in [0.1, 0.15) is 11.1 Å². The minimum atomic E-state index is -0.0931. The van der Waals surface area contributed by atoms with E-state index in [4.69, 9.17) is 9.40 Å². The van der Waals surface area contributed by atoms with E-state index in [1.165, 1.54) is 0 Å². The molecule has 0 aliphatic rings. The van der Waals surface area contributed by atoms with E-state index < -0.39 is 0 Å². The molecule has 0 bridgehead atoms. The summed E-state index contributed by atoms with van der Waals surface area (Å²) in [6, 6.07) is 17.0. The van der Waals surface area contributed by atoms with Gasteiger partial charge in [-0.1, -0.05) is 30.3 Å². The molecule has 0 saturated carbocycles. The molecule has 4 heteroatoms. The largest absolute Gasteiger partial charge is 0.461 e. The van der Waals surface area contributed by atoms with Crippen LogP contribution < -0.4 is 5.56 Å². The van der Waals surface area contributed by atoms with E-state index in [1.807, 2.05) is 56.3 Å². The van der Waals surface area contributed by atoms with Gasteiger partial charge in [-0.15, -0.1) is 0 Å². The molecule has 0 saturated heterocycles. The number of benzene rings is 2. The summed E-state index contributed by atoms with van der Waals surface area (Å²) < 4.78 is 7.20. The van der Waals surface area contributed by atoms with Gasteiger partial charge >= 0.3 is 0 Å². The fourth-order valence-corrected chi connectivity index (χ4v) is 3.07. The van der Waals surface area contributed by atoms with Crippen molar-refractivity contribution in [2.24, 2.45) is 0 Å². The van der Waals surface area contributed by atoms with Crippen LogP contribution in [0.3, 0.4) is 0 Å². The Morgan fingerprint density at radius 3 is 2.38 bits per heavy atom. The molecule has 0 radical (unpaired) electrons. The first-order chi connectivity index (χ1) is 11.7. The number of hydrogen-bond donors (Lipinski definition) is 0. The zero-order valence-electron chi connectivity index (χ0n) is 13.5. The molecule has 4 nitrogen and oxygen atoms in total. The van der Waals surface area contributed by atoms with E-state index >= 15 is 0 Å². The average Bonchev–Trinajstić information content (AvgIpc) is 3.11. The molecular weight excluding hydrogens is 300 g/mol. The summed E-state index contributed by atoms with van der Waals surface area (Å²) in [4.78, 5) is 17.9. The first-order valence-corrected chi connectivity index (χ1v) is 7.79. The summed E-state index contributed by atoms with van der Waals surface area (Å²) in [5.41, 5.74) is 3.46. The predicted molar refractivity (Wildman–Crippen MR) is 94.5 cm³/mol. The molecule has 0 atom stereocenters. The summed E-state index contributed by atoms with van der Waals surface area (Å²) in [7, 11) is 0. The van der Waals surface area contributed by atoms with Crippen LogP contribution in [0.5, 0.6) is 0 Å². The number of nitrogens with zero attached hydrogens (tertiary/aromatic N) is 2. The van der Waals surface area contributed by atoms with Crippen molar-refractivity contribution in [2.75, 3.05) is 0 Å². The minimum absolute atomic E-state index is 0.0931. The lowest BCUT2D eigenvalue weighted by Gasteiger charge is -2.16. The Morgan fingerprint density at radius 1 is 0.917 bits per heavy atom. The fourth-order valence-electron chi connectivity index (χ4n) is 3.07. The molecule has 118 valence electrons. The summed E-state index contributed by atoms with van der Waals surface area (Å²) in [6.45, 7) is 3.99. The van der Waals surface area contributed by atoms with Crippen LogP contribution in [-0.2, 0) is 0 Å². The molecule has 0 fully saturated rings. The Labute approximate surface area is 139 Å². The van der Waals surface area contributed by atoms with Gasteiger partial charge < -0.3 is 4.42 Å². The number of aryl methyl sites for hydroxylation is 2. The second kappa shape index (κ2) is 5.49. The van der Waals surface area contributed by atoms with Gasteiger partial charge in [0, 0.05) is 0 Å². The molecule has 0 spiro atoms. The van der Waals surface area contributed by atoms with E-state index in [2.05, 4.69) is 0 Å². The van der Waals surface area contributed by atoms with Gasteiger partial charge in [0.15, 0.2) is 11.6 Å². The lowest BCUT2D eigenvalue weighted by Crippen LogP contribution is -2.23. The lowest BCUT2D eigenvalue weighted by atomic mass is 10.1. The molecule has 0 N–H and O–H groups in total. The molecule has 2 aromatic heterocycles. The average molecular weight is 316 g/mol. The second-order valence-corrected chi connectivity index (χ2v) is 5.81. The van der Waals surface area contributed by atoms with E-state index in [9.17, 15) is 4.79 Å². The Bertz CT molecular complexity index is 1070. The predicted octanol–water partition coefficient (Wildman–Crippen LogP) is 4.26. The van der Waals surface area contributed by atoms with Crippen LogP contribution in [0.2, 0.25) is 0 Å². The zero-order chi connectivity index (χ0) is 16.7. The summed E-state index contributed by atoms with van der Waals surface area (Å²) in [5.74, 6) is 1.08. The number of para-hydroxylation sites is 2. The molecule has 2 heterocycles. The third-order valence-corrected chi connectivity index (χ3v) is 4.18. The summed E-state index contributed by atoms with van der Waals surface area (Å²) >= 11 is 0. The third-order valence-electron chi connectivity index (χ3n) is 4.18. The summed E-state index contributed by atoms with van der Waals surface area (Å²) in [6.07, 6.45) is 1.59. The molecule has 0 aliphatic carbocycles. The maximum atomic E-state index is 13.2. The Morgan fingerprint density at radius 2 is 1.67 bits per heavy atom. The molecule has 0 unspecified atom stereocenters. The quantitative estimate of drug-likeness (QED) is 0.555. The number of rotatable bonds is 2. The minimum Gasteiger partial charge on any atom is -0.461 e. The molecular formula is C20H16N2O2. The van der Waals surface area contributed by atoms with Crippen molar-refractivity contribution in [3.05, 3.63) is 82.3 Å². The van der Waals surface area contributed by atoms with Crippen LogP contribution in [0.4, 0.5) is 0 Å². The van der Waals surface area contributed by atoms with Crippen LogP contribution in [-0.4, -0.2) is 9.55 Å². The number of fused-ring (bicyclic) bond motifs is 1. The van der Waals surface area contributed by atoms with Crippen molar-refractivity contribution in [1.82, 2.24) is 9.55 Å². The number of hydrogen-bond acceptors (Lipinski definition) is 3. The van der Waals surface area contributed by atoms with Crippen molar-refractivity contribution in [3.8, 4) is 17.3 Å². The number of aromatic nitrogens is 2. The third kappa shape index (κ3) is 2.15. The highest BCUT2D eigenvalue weighted by Gasteiger charge is 2.18. The van der Waals surface area contributed by atoms with Crippen molar-refractivity contribution < 1.29 is 4.42 Å². The van der Waals surface area contributed by atoms with Crippen molar-refractivity contribution in [2.45, 2.75) is 13.8 Å². The van der Waals surface area contributed by atoms with Gasteiger partial charge in [0.1, 0.15) is 0 Å². The fraction of sp³-hybridized carbons (Fsp3) is 0.100. The molecule has 4 aromatic rings. The molecule has 24 heavy (non-hydrogen) atoms. The normalized spacial score (nSPS) is 11.1. The van der Waals surface area contributed by atoms with Gasteiger partial charge in [-0.05, 0) is 49.2 Å². The summed E-state index contributed by atoms with van der Waals surface area (Å²) in [5, 5.41) is 0.593. The SMILES string of the molecule is Cc1cccc(C)c1-n1c(-c2ccco2)nc2ccccc2c1=O. The van der Waals surface area contributed by atoms with Gasteiger partial charge in [-0.2, -0.15) is 0 Å². The van der Waals surface area contributed by atoms with E-state index in [0.29, 0.717) is 22.5 Å². The highest BCUT2D eigenvalue weighted by molar-refractivity contribution is 5.80. The second-order valence-electron chi connectivity index (χ2n) is 5.81. The lowest BCUT2D eigenvalue weighted by molar-refractivity contribution is 0.574. The Balaban J connectivity index is 2.20. The van der Waals surface area contributed by atoms with Gasteiger partial charge in [-0.25, -0.2) is 4.98 Å². The highest BCUT2D eigenvalue weighted by atomic mass is 16.3. The monoisotopic (exact) mass is 316 g/mol. The maximum Gasteiger partial charge on any atom is 0.266 e. The van der Waals surface area contributed by atoms with Crippen molar-refractivity contribution in [3.63, 3.8) is 0 Å². The van der Waals surface area contributed by atoms with Crippen LogP contribution in [0.25, 0.3) is 28.2 Å². The van der Waals surface area contributed by atoms with Gasteiger partial charge in [0.05, 0.1) is 22.9 Å². The topological polar surface area (TPSA) is 48.0 Å². The maximum absolute atomic E-state index is 13.2. The highest BCUT2D eigenvalue weighted by Crippen LogP contribution is 2.26. The molecule has 4 rings (SSSR count). The van der Waals surface area contributed by atoms with E-state index in [-0.39, 0.29) is 5.56 Å².